The number of nitrogens with zero attached hydrogens (tertiary/aromatic N) is 6. The molecule has 0 atom stereocenters. The fourth-order valence-electron chi connectivity index (χ4n) is 11.6. The van der Waals surface area contributed by atoms with Crippen LogP contribution in [0.25, 0.3) is 23.3 Å². The first-order chi connectivity index (χ1) is 43.0. The van der Waals surface area contributed by atoms with E-state index in [0.717, 1.165) is 39.3 Å². The smallest absolute Gasteiger partial charge is 0.269 e. The number of thioether (sulfide) groups is 2. The van der Waals surface area contributed by atoms with Gasteiger partial charge in [-0.3, -0.25) is 0 Å². The summed E-state index contributed by atoms with van der Waals surface area (Å²) in [6, 6.07) is 0. The lowest BCUT2D eigenvalue weighted by Gasteiger charge is -2.21. The van der Waals surface area contributed by atoms with Crippen LogP contribution in [0, 0.1) is 27.7 Å². The van der Waals surface area contributed by atoms with E-state index in [1.807, 2.05) is 68.9 Å². The molecule has 0 radical (unpaired) electrons. The van der Waals surface area contributed by atoms with Gasteiger partial charge in [0.1, 0.15) is 26.2 Å². The van der Waals surface area contributed by atoms with Crippen molar-refractivity contribution in [3.63, 3.8) is 0 Å². The zero-order valence-electron chi connectivity index (χ0n) is 59.9. The molecule has 6 nitrogen and oxygen atoms in total. The Labute approximate surface area is 702 Å². The van der Waals surface area contributed by atoms with Gasteiger partial charge in [-0.1, -0.05) is 239 Å². The van der Waals surface area contributed by atoms with E-state index in [1.165, 1.54) is 268 Å². The van der Waals surface area contributed by atoms with Gasteiger partial charge in [-0.2, -0.15) is 18.3 Å². The van der Waals surface area contributed by atoms with Crippen molar-refractivity contribution in [1.82, 2.24) is 9.80 Å². The van der Waals surface area contributed by atoms with Crippen LogP contribution in [0.2, 0.25) is 0 Å². The van der Waals surface area contributed by atoms with Gasteiger partial charge < -0.3 is 154 Å². The first-order valence-corrected chi connectivity index (χ1v) is 40.6. The van der Waals surface area contributed by atoms with Crippen LogP contribution in [0.3, 0.4) is 0 Å². The quantitative estimate of drug-likeness (QED) is 0.0251. The first-order valence-electron chi connectivity index (χ1n) is 35.3. The summed E-state index contributed by atoms with van der Waals surface area (Å²) < 4.78 is 10.2. The van der Waals surface area contributed by atoms with E-state index in [9.17, 15) is 0 Å². The normalized spacial score (nSPS) is 14.0. The largest absolute Gasteiger partial charge is 1.00 e. The molecule has 0 N–H and O–H groups in total. The lowest BCUT2D eigenvalue weighted by molar-refractivity contribution is -0.700. The van der Waals surface area contributed by atoms with Crippen LogP contribution in [0.1, 0.15) is 291 Å². The third kappa shape index (κ3) is 35.5. The molecule has 0 saturated carbocycles. The van der Waals surface area contributed by atoms with E-state index in [1.54, 1.807) is 0 Å². The number of aromatic nitrogens is 4. The van der Waals surface area contributed by atoms with E-state index in [2.05, 4.69) is 192 Å². The Morgan fingerprint density at radius 3 is 0.915 bits per heavy atom. The molecule has 0 aromatic carbocycles. The topological polar surface area (TPSA) is 22.0 Å². The monoisotopic (exact) mass is 2070 g/mol. The Bertz CT molecular complexity index is 2680. The number of allylic oxidation sites excluding steroid dienone is 10. The number of hydrogen-bond donors (Lipinski definition) is 0. The fraction of sp³-hybridized carbons (Fsp3) is 0.632. The van der Waals surface area contributed by atoms with Gasteiger partial charge in [-0.05, 0) is 99.6 Å². The Morgan fingerprint density at radius 1 is 0.340 bits per heavy atom. The second kappa shape index (κ2) is 59.5. The van der Waals surface area contributed by atoms with Crippen molar-refractivity contribution in [2.45, 2.75) is 302 Å². The summed E-state index contributed by atoms with van der Waals surface area (Å²) >= 11 is 11.3. The average Bonchev–Trinajstić information content (AvgIpc) is 2.51. The van der Waals surface area contributed by atoms with Gasteiger partial charge in [0.15, 0.2) is 22.8 Å². The summed E-state index contributed by atoms with van der Waals surface area (Å²) in [4.78, 5) is 5.07. The average molecular weight is 2070 g/mol. The molecular weight excluding hydrogens is 1950 g/mol. The fourth-order valence-corrected chi connectivity index (χ4v) is 17.4. The maximum Gasteiger partial charge on any atom is 0.269 e. The van der Waals surface area contributed by atoms with Crippen LogP contribution >= 0.6 is 68.9 Å². The molecule has 536 valence electrons. The van der Waals surface area contributed by atoms with E-state index in [4.69, 9.17) is 0 Å². The summed E-state index contributed by atoms with van der Waals surface area (Å²) in [5.74, 6) is 0. The molecule has 4 aromatic rings. The van der Waals surface area contributed by atoms with Crippen LogP contribution in [0.4, 0.5) is 0 Å². The molecule has 0 fully saturated rings. The summed E-state index contributed by atoms with van der Waals surface area (Å²) in [5, 5.41) is 22.2. The number of aryl methyl sites for hydroxylation is 4. The minimum Gasteiger partial charge on any atom is -1.00 e. The zero-order valence-corrected chi connectivity index (χ0v) is 77.8. The Balaban J connectivity index is 0. The molecule has 6 rings (SSSR count). The van der Waals surface area contributed by atoms with Crippen molar-refractivity contribution in [2.24, 2.45) is 0 Å². The highest BCUT2D eigenvalue weighted by Gasteiger charge is 2.25. The summed E-state index contributed by atoms with van der Waals surface area (Å²) in [6.45, 7) is 34.1. The van der Waals surface area contributed by atoms with Crippen molar-refractivity contribution < 1.29 is 162 Å². The maximum atomic E-state index is 2.57. The van der Waals surface area contributed by atoms with Gasteiger partial charge >= 0.3 is 0 Å². The van der Waals surface area contributed by atoms with E-state index >= 15 is 0 Å². The number of hydrogen-bond acceptors (Lipinski definition) is 8. The first kappa shape index (κ1) is 97.2. The van der Waals surface area contributed by atoms with Gasteiger partial charge in [0.2, 0.25) is 0 Å². The van der Waals surface area contributed by atoms with E-state index in [0.29, 0.717) is 0 Å². The van der Waals surface area contributed by atoms with Gasteiger partial charge in [-0.25, -0.2) is 0 Å². The second-order valence-electron chi connectivity index (χ2n) is 24.9. The molecule has 0 aliphatic carbocycles. The minimum atomic E-state index is 0. The predicted molar refractivity (Wildman–Crippen MR) is 396 cm³/mol. The van der Waals surface area contributed by atoms with Crippen LogP contribution in [0.15, 0.2) is 90.2 Å². The molecule has 0 bridgehead atoms. The molecule has 6 heterocycles. The molecule has 0 unspecified atom stereocenters. The van der Waals surface area contributed by atoms with Gasteiger partial charge in [0, 0.05) is 90.0 Å². The highest BCUT2D eigenvalue weighted by atomic mass is 127. The lowest BCUT2D eigenvalue weighted by atomic mass is 10.1. The summed E-state index contributed by atoms with van der Waals surface area (Å²) in [7, 11) is 0. The SMILES string of the molecule is CCCCCCCN1C(C)=CS/C1=C/C=C(\C=C\c1scc(C)[n+]1CCCCCCC)c1scc(C)[n+]1CCCCCCC.CCCCCCCN1C(C)=CS/C1=C/C=C(\C=C\c1scc(C)[n+]1CCCCCCC)c1scc(C)[n+]1CCCCCCC.[I-].[I-].[I-].[I-].[I-].[I-]. The number of unbranched alkanes of at least 4 members (excludes halogenated alkanes) is 24. The van der Waals surface area contributed by atoms with Crippen LogP contribution in [-0.2, 0) is 26.2 Å². The second-order valence-corrected chi connectivity index (χ2v) is 30.1. The van der Waals surface area contributed by atoms with Crippen molar-refractivity contribution in [2.75, 3.05) is 13.1 Å². The van der Waals surface area contributed by atoms with Crippen molar-refractivity contribution in [1.29, 1.82) is 0 Å². The predicted octanol–water partition coefficient (Wildman–Crippen LogP) is 5.55. The standard InChI is InChI=1S/2C38H61N3S3.6HI/c2*1-7-10-13-16-19-26-39-32(4)29-42-36(39)24-22-35(38-41(34(6)31-44-38)28-21-18-15-12-9-3)23-25-37-40(33(5)30-43-37)27-20-17-14-11-8-2;;;;;;/h2*22-25,29-31H,7-21,26-28H2,1-6H3;6*1H/q2*+2;;;;;;/p-6. The summed E-state index contributed by atoms with van der Waals surface area (Å²) in [6.07, 6.45) is 58.6. The molecule has 2 aliphatic rings. The molecule has 0 saturated heterocycles. The van der Waals surface area contributed by atoms with Gasteiger partial charge in [0.25, 0.3) is 20.0 Å². The third-order valence-electron chi connectivity index (χ3n) is 17.2. The van der Waals surface area contributed by atoms with Crippen molar-refractivity contribution in [3.8, 4) is 0 Å². The number of halogens is 6. The number of thiazole rings is 4. The van der Waals surface area contributed by atoms with Crippen LogP contribution < -0.4 is 162 Å². The molecule has 0 spiro atoms. The Kier molecular flexibility index (Phi) is 61.5. The summed E-state index contributed by atoms with van der Waals surface area (Å²) in [5.41, 5.74) is 10.9. The highest BCUT2D eigenvalue weighted by Crippen LogP contribution is 2.37. The Hall–Kier alpha value is 1.12. The molecule has 0 amide bonds. The third-order valence-corrected chi connectivity index (χ3v) is 23.7. The van der Waals surface area contributed by atoms with Gasteiger partial charge in [-0.15, -0.1) is 0 Å². The molecule has 2 aliphatic heterocycles. The molecule has 18 heteroatoms. The van der Waals surface area contributed by atoms with Crippen LogP contribution in [-0.4, -0.2) is 22.9 Å². The van der Waals surface area contributed by atoms with E-state index < -0.39 is 0 Å². The maximum absolute atomic E-state index is 2.57. The van der Waals surface area contributed by atoms with Crippen molar-refractivity contribution in [3.05, 3.63) is 133 Å². The minimum absolute atomic E-state index is 0. The number of rotatable bonds is 44. The molecule has 4 aromatic heterocycles. The van der Waals surface area contributed by atoms with Gasteiger partial charge in [0.05, 0.1) is 42.7 Å². The van der Waals surface area contributed by atoms with Crippen LogP contribution in [0.5, 0.6) is 0 Å². The van der Waals surface area contributed by atoms with Crippen molar-refractivity contribution >= 4 is 92.2 Å². The molecule has 94 heavy (non-hydrogen) atoms. The lowest BCUT2D eigenvalue weighted by Crippen LogP contribution is -3.00. The zero-order chi connectivity index (χ0) is 63.1. The Morgan fingerprint density at radius 2 is 0.606 bits per heavy atom. The molecular formula is C76H122I6N6S6-2. The van der Waals surface area contributed by atoms with E-state index in [-0.39, 0.29) is 144 Å². The highest BCUT2D eigenvalue weighted by molar-refractivity contribution is 8.06.